The van der Waals surface area contributed by atoms with Crippen LogP contribution in [0.3, 0.4) is 0 Å². The van der Waals surface area contributed by atoms with Gasteiger partial charge in [0.2, 0.25) is 0 Å². The van der Waals surface area contributed by atoms with E-state index in [-0.39, 0.29) is 5.57 Å². The van der Waals surface area contributed by atoms with Gasteiger partial charge in [0.1, 0.15) is 11.3 Å². The van der Waals surface area contributed by atoms with Gasteiger partial charge in [0.25, 0.3) is 5.79 Å². The van der Waals surface area contributed by atoms with Gasteiger partial charge < -0.3 is 18.8 Å². The Morgan fingerprint density at radius 1 is 1.15 bits per heavy atom. The fourth-order valence-corrected chi connectivity index (χ4v) is 2.66. The number of hydrogen-bond donors (Lipinski definition) is 0. The molecular weight excluding hydrogens is 348 g/mol. The molecule has 0 spiro atoms. The molecule has 0 aliphatic carbocycles. The molecule has 1 aromatic carbocycles. The first-order valence-corrected chi connectivity index (χ1v) is 8.80. The molecule has 0 atom stereocenters. The standard InChI is InChI=1S/C20H22N2O5/c1-20(2)26-18(23)16(19(24)27-20)13-15-7-3-4-8-17(15)25-12-6-5-10-22-11-9-21-14-22/h3-4,7-9,11,13-14H,5-6,10,12H2,1-2H3. The number of para-hydroxylation sites is 1. The van der Waals surface area contributed by atoms with Crippen LogP contribution >= 0.6 is 0 Å². The van der Waals surface area contributed by atoms with Crippen LogP contribution in [-0.4, -0.2) is 33.9 Å². The Kier molecular flexibility index (Phi) is 5.59. The maximum absolute atomic E-state index is 12.1. The first-order valence-electron chi connectivity index (χ1n) is 8.80. The quantitative estimate of drug-likeness (QED) is 0.323. The Morgan fingerprint density at radius 2 is 1.89 bits per heavy atom. The highest BCUT2D eigenvalue weighted by Crippen LogP contribution is 2.27. The van der Waals surface area contributed by atoms with Crippen LogP contribution in [0.5, 0.6) is 5.75 Å². The van der Waals surface area contributed by atoms with Gasteiger partial charge in [0, 0.05) is 38.3 Å². The second-order valence-electron chi connectivity index (χ2n) is 6.63. The number of rotatable bonds is 7. The van der Waals surface area contributed by atoms with Crippen LogP contribution < -0.4 is 4.74 Å². The molecule has 1 saturated heterocycles. The van der Waals surface area contributed by atoms with Gasteiger partial charge in [0.05, 0.1) is 12.9 Å². The smallest absolute Gasteiger partial charge is 0.348 e. The number of nitrogens with zero attached hydrogens (tertiary/aromatic N) is 2. The van der Waals surface area contributed by atoms with Crippen molar-refractivity contribution in [1.82, 2.24) is 9.55 Å². The van der Waals surface area contributed by atoms with Crippen molar-refractivity contribution in [3.05, 3.63) is 54.1 Å². The molecule has 142 valence electrons. The Balaban J connectivity index is 1.62. The maximum atomic E-state index is 12.1. The summed E-state index contributed by atoms with van der Waals surface area (Å²) in [7, 11) is 0. The fraction of sp³-hybridized carbons (Fsp3) is 0.350. The van der Waals surface area contributed by atoms with E-state index in [1.165, 1.54) is 19.9 Å². The zero-order valence-electron chi connectivity index (χ0n) is 15.4. The summed E-state index contributed by atoms with van der Waals surface area (Å²) in [6.07, 6.45) is 8.72. The van der Waals surface area contributed by atoms with E-state index in [0.29, 0.717) is 17.9 Å². The van der Waals surface area contributed by atoms with Crippen LogP contribution in [-0.2, 0) is 25.6 Å². The van der Waals surface area contributed by atoms with Crippen molar-refractivity contribution in [3.63, 3.8) is 0 Å². The number of imidazole rings is 1. The summed E-state index contributed by atoms with van der Waals surface area (Å²) in [5, 5.41) is 0. The lowest BCUT2D eigenvalue weighted by Gasteiger charge is -2.29. The number of carbonyl (C=O) groups is 2. The highest BCUT2D eigenvalue weighted by molar-refractivity contribution is 6.19. The van der Waals surface area contributed by atoms with Crippen molar-refractivity contribution < 1.29 is 23.8 Å². The van der Waals surface area contributed by atoms with Crippen LogP contribution in [0, 0.1) is 0 Å². The normalized spacial score (nSPS) is 15.9. The third kappa shape index (κ3) is 4.97. The van der Waals surface area contributed by atoms with E-state index in [1.54, 1.807) is 24.7 Å². The average Bonchev–Trinajstić information content (AvgIpc) is 3.11. The molecule has 1 fully saturated rings. The Morgan fingerprint density at radius 3 is 2.59 bits per heavy atom. The SMILES string of the molecule is CC1(C)OC(=O)C(=Cc2ccccc2OCCCCn2ccnc2)C(=O)O1. The lowest BCUT2D eigenvalue weighted by molar-refractivity contribution is -0.222. The molecule has 7 heteroatoms. The summed E-state index contributed by atoms with van der Waals surface area (Å²) < 4.78 is 18.1. The van der Waals surface area contributed by atoms with Crippen LogP contribution in [0.1, 0.15) is 32.3 Å². The van der Waals surface area contributed by atoms with Crippen molar-refractivity contribution in [2.24, 2.45) is 0 Å². The van der Waals surface area contributed by atoms with Crippen molar-refractivity contribution in [2.75, 3.05) is 6.61 Å². The Bertz CT molecular complexity index is 818. The van der Waals surface area contributed by atoms with E-state index in [2.05, 4.69) is 4.98 Å². The van der Waals surface area contributed by atoms with Crippen LogP contribution in [0.15, 0.2) is 48.6 Å². The average molecular weight is 370 g/mol. The lowest BCUT2D eigenvalue weighted by atomic mass is 10.1. The first kappa shape index (κ1) is 18.7. The summed E-state index contributed by atoms with van der Waals surface area (Å²) in [5.74, 6) is -2.06. The van der Waals surface area contributed by atoms with E-state index in [9.17, 15) is 9.59 Å². The predicted molar refractivity (Wildman–Crippen MR) is 97.6 cm³/mol. The van der Waals surface area contributed by atoms with Gasteiger partial charge in [-0.3, -0.25) is 0 Å². The minimum Gasteiger partial charge on any atom is -0.493 e. The third-order valence-electron chi connectivity index (χ3n) is 3.96. The predicted octanol–water partition coefficient (Wildman–Crippen LogP) is 2.96. The molecule has 2 heterocycles. The number of aromatic nitrogens is 2. The molecule has 1 aromatic heterocycles. The van der Waals surface area contributed by atoms with Gasteiger partial charge >= 0.3 is 11.9 Å². The van der Waals surface area contributed by atoms with Gasteiger partial charge in [-0.1, -0.05) is 18.2 Å². The molecule has 0 N–H and O–H groups in total. The van der Waals surface area contributed by atoms with Crippen LogP contribution in [0.2, 0.25) is 0 Å². The Hall–Kier alpha value is -3.09. The monoisotopic (exact) mass is 370 g/mol. The molecule has 0 unspecified atom stereocenters. The summed E-state index contributed by atoms with van der Waals surface area (Å²) in [6, 6.07) is 7.21. The second kappa shape index (κ2) is 8.07. The number of unbranched alkanes of at least 4 members (excludes halogenated alkanes) is 1. The number of ether oxygens (including phenoxy) is 3. The topological polar surface area (TPSA) is 79.7 Å². The largest absolute Gasteiger partial charge is 0.493 e. The molecule has 1 aliphatic rings. The zero-order valence-corrected chi connectivity index (χ0v) is 15.4. The van der Waals surface area contributed by atoms with Gasteiger partial charge in [-0.15, -0.1) is 0 Å². The molecule has 0 bridgehead atoms. The van der Waals surface area contributed by atoms with Crippen molar-refractivity contribution in [3.8, 4) is 5.75 Å². The molecule has 7 nitrogen and oxygen atoms in total. The van der Waals surface area contributed by atoms with Gasteiger partial charge in [-0.05, 0) is 25.0 Å². The number of carbonyl (C=O) groups excluding carboxylic acids is 2. The van der Waals surface area contributed by atoms with Crippen LogP contribution in [0.25, 0.3) is 6.08 Å². The van der Waals surface area contributed by atoms with Crippen LogP contribution in [0.4, 0.5) is 0 Å². The highest BCUT2D eigenvalue weighted by atomic mass is 16.7. The number of hydrogen-bond acceptors (Lipinski definition) is 6. The molecule has 0 saturated carbocycles. The van der Waals surface area contributed by atoms with E-state index >= 15 is 0 Å². The molecule has 0 radical (unpaired) electrons. The summed E-state index contributed by atoms with van der Waals surface area (Å²) in [6.45, 7) is 4.43. The molecule has 3 rings (SSSR count). The highest BCUT2D eigenvalue weighted by Gasteiger charge is 2.38. The van der Waals surface area contributed by atoms with Gasteiger partial charge in [-0.2, -0.15) is 0 Å². The van der Waals surface area contributed by atoms with E-state index in [4.69, 9.17) is 14.2 Å². The fourth-order valence-electron chi connectivity index (χ4n) is 2.66. The number of cyclic esters (lactones) is 2. The zero-order chi connectivity index (χ0) is 19.3. The first-order chi connectivity index (χ1) is 12.9. The van der Waals surface area contributed by atoms with Crippen molar-refractivity contribution in [2.45, 2.75) is 39.0 Å². The molecule has 2 aromatic rings. The Labute approximate surface area is 157 Å². The van der Waals surface area contributed by atoms with E-state index in [1.807, 2.05) is 22.9 Å². The van der Waals surface area contributed by atoms with Gasteiger partial charge in [-0.25, -0.2) is 14.6 Å². The number of aryl methyl sites for hydroxylation is 1. The minimum atomic E-state index is -1.25. The van der Waals surface area contributed by atoms with Gasteiger partial charge in [0.15, 0.2) is 0 Å². The number of benzene rings is 1. The number of esters is 2. The summed E-state index contributed by atoms with van der Waals surface area (Å²) in [4.78, 5) is 28.2. The van der Waals surface area contributed by atoms with Crippen molar-refractivity contribution >= 4 is 18.0 Å². The van der Waals surface area contributed by atoms with E-state index < -0.39 is 17.7 Å². The third-order valence-corrected chi connectivity index (χ3v) is 3.96. The lowest BCUT2D eigenvalue weighted by Crippen LogP contribution is -2.41. The molecule has 1 aliphatic heterocycles. The van der Waals surface area contributed by atoms with Crippen molar-refractivity contribution in [1.29, 1.82) is 0 Å². The summed E-state index contributed by atoms with van der Waals surface area (Å²) >= 11 is 0. The molecule has 27 heavy (non-hydrogen) atoms. The molecular formula is C20H22N2O5. The summed E-state index contributed by atoms with van der Waals surface area (Å²) in [5.41, 5.74) is 0.473. The van der Waals surface area contributed by atoms with E-state index in [0.717, 1.165) is 19.4 Å². The second-order valence-corrected chi connectivity index (χ2v) is 6.63. The maximum Gasteiger partial charge on any atom is 0.348 e. The molecule has 0 amide bonds. The minimum absolute atomic E-state index is 0.148.